The van der Waals surface area contributed by atoms with Crippen molar-refractivity contribution in [3.05, 3.63) is 29.8 Å². The molecule has 146 heavy (non-hydrogen) atoms. The maximum Gasteiger partial charge on any atom is 0.417 e. The Bertz CT molecular complexity index is 3910. The Hall–Kier alpha value is -7.32. The van der Waals surface area contributed by atoms with Crippen LogP contribution >= 0.6 is 0 Å². The normalized spacial score (nSPS) is 20.5. The summed E-state index contributed by atoms with van der Waals surface area (Å²) in [5.74, 6) is 1.93. The average Bonchev–Trinajstić information content (AvgIpc) is 1.29. The number of ether oxygens (including phenoxy) is 10. The van der Waals surface area contributed by atoms with Gasteiger partial charge in [-0.1, -0.05) is 152 Å². The number of rotatable bonds is 29. The number of carbonyl (C=O) groups excluding carboxylic acids is 10. The van der Waals surface area contributed by atoms with Crippen LogP contribution < -0.4 is 4.74 Å². The highest BCUT2D eigenvalue weighted by atomic mass is 16.7. The zero-order valence-corrected chi connectivity index (χ0v) is 95.1. The van der Waals surface area contributed by atoms with Crippen molar-refractivity contribution in [2.75, 3.05) is 105 Å². The van der Waals surface area contributed by atoms with Gasteiger partial charge in [-0.25, -0.2) is 48.3 Å². The molecule has 1 aromatic rings. The number of hydrogen-bond donors (Lipinski definition) is 2. The molecule has 14 rings (SSSR count). The topological polar surface area (TPSA) is 333 Å². The van der Waals surface area contributed by atoms with Crippen LogP contribution in [-0.2, 0) is 57.0 Å². The fraction of sp³-hybridized carbons (Fsp3) is 0.861. The second kappa shape index (κ2) is 64.5. The van der Waals surface area contributed by atoms with Gasteiger partial charge in [-0.05, 0) is 329 Å². The molecule has 9 saturated heterocycles. The lowest BCUT2D eigenvalue weighted by Crippen LogP contribution is -2.46. The molecule has 4 aliphatic carbocycles. The van der Waals surface area contributed by atoms with Gasteiger partial charge < -0.3 is 77.2 Å². The highest BCUT2D eigenvalue weighted by Crippen LogP contribution is 2.43. The minimum Gasteiger partial charge on any atom is -0.497 e. The molecule has 31 nitrogen and oxygen atoms in total. The third-order valence-corrected chi connectivity index (χ3v) is 32.8. The minimum absolute atomic E-state index is 0.0729. The molecule has 0 aromatic heterocycles. The molecule has 3 unspecified atom stereocenters. The molecule has 2 N–H and O–H groups in total. The van der Waals surface area contributed by atoms with Gasteiger partial charge in [0.15, 0.2) is 0 Å². The van der Waals surface area contributed by atoms with E-state index in [4.69, 9.17) is 47.4 Å². The maximum absolute atomic E-state index is 12.3. The lowest BCUT2D eigenvalue weighted by atomic mass is 9.74. The first-order chi connectivity index (χ1) is 69.5. The second-order valence-electron chi connectivity index (χ2n) is 45.3. The predicted octanol–water partition coefficient (Wildman–Crippen LogP) is 25.9. The summed E-state index contributed by atoms with van der Waals surface area (Å²) in [6.07, 6.45) is 47.9. The van der Waals surface area contributed by atoms with Gasteiger partial charge in [0.2, 0.25) is 30.5 Å². The van der Waals surface area contributed by atoms with Gasteiger partial charge in [0, 0.05) is 117 Å². The molecule has 3 atom stereocenters. The zero-order valence-electron chi connectivity index (χ0n) is 95.1. The zero-order chi connectivity index (χ0) is 108. The number of unbranched alkanes of at least 4 members (excludes halogenated alkanes) is 1. The molecule has 10 amide bonds. The van der Waals surface area contributed by atoms with E-state index < -0.39 is 42.3 Å². The van der Waals surface area contributed by atoms with Crippen LogP contribution in [0.5, 0.6) is 5.75 Å². The summed E-state index contributed by atoms with van der Waals surface area (Å²) in [6, 6.07) is 7.58. The second-order valence-corrected chi connectivity index (χ2v) is 45.3. The van der Waals surface area contributed by atoms with Crippen LogP contribution in [0.3, 0.4) is 0 Å². The number of likely N-dealkylation sites (tertiary alicyclic amines) is 9. The third-order valence-electron chi connectivity index (χ3n) is 32.8. The number of benzene rings is 1. The van der Waals surface area contributed by atoms with E-state index in [2.05, 4.69) is 62.3 Å². The van der Waals surface area contributed by atoms with E-state index in [0.717, 1.165) is 263 Å². The largest absolute Gasteiger partial charge is 0.497 e. The molecule has 9 aliphatic heterocycles. The SMILES string of the molecule is CC(C)(C)OC(=O)N1CCCC1.CC(C)(OC(=O)N1CCCC1)C1CCCCC1.CC(C)(OC(=O)N1CCCC1=O)C1CCCCC1.CCC(C)(C)OC(O)N1CCCC1.CCC(CC)(CC)OC(=O)N1CCCC1=O.CCC(CC)(OC(=O)N1CCCC1=O)C1CCCCC1.CCC1(OC(=O)N2CCCC2)CCCC1.CCCCC(CC)(CC)OC(O)N1CCCC1.COc1ccc(C(C)OC(=O)N2CCCC2)cc1. The lowest BCUT2D eigenvalue weighted by Gasteiger charge is -2.41. The third kappa shape index (κ3) is 42.4. The Morgan fingerprint density at radius 3 is 1.05 bits per heavy atom. The fourth-order valence-corrected chi connectivity index (χ4v) is 21.9. The summed E-state index contributed by atoms with van der Waals surface area (Å²) < 4.78 is 55.8. The molecule has 0 radical (unpaired) electrons. The van der Waals surface area contributed by atoms with E-state index in [1.54, 1.807) is 16.9 Å². The Morgan fingerprint density at radius 2 is 0.705 bits per heavy atom. The van der Waals surface area contributed by atoms with Gasteiger partial charge in [-0.15, -0.1) is 0 Å². The van der Waals surface area contributed by atoms with E-state index in [0.29, 0.717) is 56.7 Å². The van der Waals surface area contributed by atoms with E-state index in [9.17, 15) is 58.2 Å². The molecule has 13 aliphatic rings. The van der Waals surface area contributed by atoms with Gasteiger partial charge in [-0.2, -0.15) is 0 Å². The van der Waals surface area contributed by atoms with Gasteiger partial charge in [-0.3, -0.25) is 24.2 Å². The molecule has 9 heterocycles. The molecule has 31 heteroatoms. The van der Waals surface area contributed by atoms with Crippen molar-refractivity contribution in [2.24, 2.45) is 17.8 Å². The average molecular weight is 2060 g/mol. The van der Waals surface area contributed by atoms with Gasteiger partial charge in [0.05, 0.1) is 18.3 Å². The van der Waals surface area contributed by atoms with Crippen LogP contribution in [0.15, 0.2) is 24.3 Å². The van der Waals surface area contributed by atoms with Gasteiger partial charge >= 0.3 is 42.7 Å². The molecule has 1 aromatic carbocycles. The van der Waals surface area contributed by atoms with E-state index in [-0.39, 0.29) is 81.8 Å². The first kappa shape index (κ1) is 127. The summed E-state index contributed by atoms with van der Waals surface area (Å²) in [7, 11) is 1.63. The van der Waals surface area contributed by atoms with E-state index >= 15 is 0 Å². The smallest absolute Gasteiger partial charge is 0.417 e. The number of aliphatic hydroxyl groups is 2. The summed E-state index contributed by atoms with van der Waals surface area (Å²) >= 11 is 0. The van der Waals surface area contributed by atoms with Crippen molar-refractivity contribution in [3.8, 4) is 5.75 Å². The maximum atomic E-state index is 12.3. The predicted molar refractivity (Wildman–Crippen MR) is 572 cm³/mol. The number of amides is 10. The molecular weight excluding hydrogens is 1860 g/mol. The molecule has 0 spiro atoms. The quantitative estimate of drug-likeness (QED) is 0.0556. The Kier molecular flexibility index (Phi) is 56.3. The highest BCUT2D eigenvalue weighted by Gasteiger charge is 2.46. The van der Waals surface area contributed by atoms with Crippen molar-refractivity contribution in [1.82, 2.24) is 44.1 Å². The summed E-state index contributed by atoms with van der Waals surface area (Å²) in [6.45, 7) is 52.9. The van der Waals surface area contributed by atoms with Crippen molar-refractivity contribution < 1.29 is 106 Å². The number of aliphatic hydroxyl groups excluding tert-OH is 2. The Labute approximate surface area is 880 Å². The number of nitrogens with zero attached hydrogens (tertiary/aromatic N) is 9. The van der Waals surface area contributed by atoms with Crippen LogP contribution in [0.4, 0.5) is 33.6 Å². The number of methoxy groups -OCH3 is 1. The first-order valence-electron chi connectivity index (χ1n) is 57.8. The van der Waals surface area contributed by atoms with Crippen LogP contribution in [0.2, 0.25) is 0 Å². The fourth-order valence-electron chi connectivity index (χ4n) is 21.9. The summed E-state index contributed by atoms with van der Waals surface area (Å²) in [5, 5.41) is 19.9. The van der Waals surface area contributed by atoms with Crippen molar-refractivity contribution in [3.63, 3.8) is 0 Å². The summed E-state index contributed by atoms with van der Waals surface area (Å²) in [5.41, 5.74) is -1.39. The van der Waals surface area contributed by atoms with Gasteiger partial charge in [0.25, 0.3) is 0 Å². The minimum atomic E-state index is -0.711. The van der Waals surface area contributed by atoms with Crippen LogP contribution in [0.1, 0.15) is 465 Å². The van der Waals surface area contributed by atoms with Crippen molar-refractivity contribution >= 4 is 60.4 Å². The van der Waals surface area contributed by atoms with E-state index in [1.807, 2.05) is 120 Å². The molecule has 4 saturated carbocycles. The number of imide groups is 3. The first-order valence-corrected chi connectivity index (χ1v) is 57.8. The van der Waals surface area contributed by atoms with Crippen molar-refractivity contribution in [2.45, 2.75) is 517 Å². The van der Waals surface area contributed by atoms with Crippen LogP contribution in [0, 0.1) is 17.8 Å². The van der Waals surface area contributed by atoms with Crippen molar-refractivity contribution in [1.29, 1.82) is 0 Å². The van der Waals surface area contributed by atoms with E-state index in [1.165, 1.54) is 137 Å². The standard InChI is InChI=1S/C16H27NO3.C14H19NO3.C14H23NO3.C14H25NO2.C14H29NO2.C12H21NO3.C12H21NO2.C10H21NO2.C9H17NO2/c1-3-16(4-2,13-9-6-5-7-10-13)20-15(19)17-12-8-11-14(17)18;1-11(12-5-7-13(17-2)8-6-12)18-14(16)15-9-3-4-10-15;1-14(2,11-7-4-3-5-8-11)18-13(17)15-10-6-9-12(15)16;1-14(2,12-8-4-3-5-9-12)17-13(16)15-10-6-7-11-15;1-4-7-10-14(5-2,6-3)17-13(16)15-11-8-9-12-15;1-4-12(5-2,6-3)16-11(15)13-9-7-8-10(13)14;1-2-12(7-3-4-8-12)15-11(14)13-9-5-6-10-13;1-4-10(2,3)13-9(12)11-7-5-6-8-11;1-9(2,3)12-8(11)10-6-4-5-7-10/h13H,3-12H2,1-2H3;5-8,11H,3-4,9-10H2,1-2H3;11H,3-10H2,1-2H3;12H,3-11H2,1-2H3;13,16H,4-12H2,1-3H3;4-9H2,1-3H3;2-10H2,1H3;9,12H,4-8H2,1-3H3;4-7H2,1-3H3. The highest BCUT2D eigenvalue weighted by molar-refractivity contribution is 5.95. The lowest BCUT2D eigenvalue weighted by molar-refractivity contribution is -0.252. The van der Waals surface area contributed by atoms with Crippen LogP contribution in [0.25, 0.3) is 0 Å². The van der Waals surface area contributed by atoms with Crippen LogP contribution in [-0.4, -0.2) is 278 Å². The molecule has 840 valence electrons. The number of carbonyl (C=O) groups is 10. The molecular formula is C115H203N9O22. The summed E-state index contributed by atoms with van der Waals surface area (Å²) in [4.78, 5) is 133. The Morgan fingerprint density at radius 1 is 0.363 bits per heavy atom. The molecule has 13 fully saturated rings. The monoisotopic (exact) mass is 2060 g/mol. The van der Waals surface area contributed by atoms with Gasteiger partial charge in [0.1, 0.15) is 45.5 Å². The Balaban J connectivity index is 0.000000252. The number of hydrogen-bond acceptors (Lipinski definition) is 24. The molecule has 0 bridgehead atoms.